The van der Waals surface area contributed by atoms with Crippen molar-refractivity contribution in [1.82, 2.24) is 10.6 Å². The Morgan fingerprint density at radius 1 is 1.47 bits per heavy atom. The Bertz CT molecular complexity index is 215. The predicted molar refractivity (Wildman–Crippen MR) is 53.8 cm³/mol. The van der Waals surface area contributed by atoms with Crippen LogP contribution in [0.2, 0.25) is 0 Å². The van der Waals surface area contributed by atoms with Crippen LogP contribution in [-0.4, -0.2) is 32.0 Å². The molecule has 0 bridgehead atoms. The fourth-order valence-electron chi connectivity index (χ4n) is 2.00. The van der Waals surface area contributed by atoms with E-state index in [4.69, 9.17) is 0 Å². The van der Waals surface area contributed by atoms with Crippen molar-refractivity contribution in [2.45, 2.75) is 32.6 Å². The number of halogens is 2. The molecule has 1 rings (SSSR count). The van der Waals surface area contributed by atoms with Gasteiger partial charge in [0.15, 0.2) is 0 Å². The zero-order valence-corrected chi connectivity index (χ0v) is 8.98. The van der Waals surface area contributed by atoms with Crippen molar-refractivity contribution in [2.24, 2.45) is 5.41 Å². The first-order valence-corrected chi connectivity index (χ1v) is 5.38. The molecule has 1 fully saturated rings. The molecule has 0 spiro atoms. The Balaban J connectivity index is 2.52. The van der Waals surface area contributed by atoms with E-state index < -0.39 is 18.4 Å². The number of rotatable bonds is 4. The van der Waals surface area contributed by atoms with E-state index in [1.165, 1.54) is 0 Å². The smallest absolute Gasteiger partial charge is 0.255 e. The van der Waals surface area contributed by atoms with Gasteiger partial charge in [-0.3, -0.25) is 4.79 Å². The molecular weight excluding hydrogens is 202 g/mol. The van der Waals surface area contributed by atoms with Crippen LogP contribution in [0.3, 0.4) is 0 Å². The zero-order valence-electron chi connectivity index (χ0n) is 8.98. The minimum Gasteiger partial charge on any atom is -0.350 e. The molecule has 15 heavy (non-hydrogen) atoms. The fraction of sp³-hybridized carbons (Fsp3) is 0.900. The maximum Gasteiger partial charge on any atom is 0.255 e. The monoisotopic (exact) mass is 220 g/mol. The van der Waals surface area contributed by atoms with E-state index in [0.29, 0.717) is 6.42 Å². The third kappa shape index (κ3) is 3.12. The molecule has 0 saturated carbocycles. The summed E-state index contributed by atoms with van der Waals surface area (Å²) in [7, 11) is 0. The number of carbonyl (C=O) groups excluding carboxylic acids is 1. The van der Waals surface area contributed by atoms with Crippen LogP contribution in [0.5, 0.6) is 0 Å². The van der Waals surface area contributed by atoms with Gasteiger partial charge in [0.2, 0.25) is 5.91 Å². The second kappa shape index (κ2) is 5.39. The second-order valence-electron chi connectivity index (χ2n) is 3.98. The van der Waals surface area contributed by atoms with Gasteiger partial charge in [-0.05, 0) is 32.4 Å². The van der Waals surface area contributed by atoms with Crippen molar-refractivity contribution in [2.75, 3.05) is 19.6 Å². The summed E-state index contributed by atoms with van der Waals surface area (Å²) in [6, 6.07) is 0. The molecule has 1 saturated heterocycles. The van der Waals surface area contributed by atoms with Crippen molar-refractivity contribution in [3.8, 4) is 0 Å². The highest BCUT2D eigenvalue weighted by atomic mass is 19.3. The molecule has 0 aromatic rings. The lowest BCUT2D eigenvalue weighted by Crippen LogP contribution is -2.48. The van der Waals surface area contributed by atoms with Gasteiger partial charge >= 0.3 is 0 Å². The van der Waals surface area contributed by atoms with E-state index >= 15 is 0 Å². The summed E-state index contributed by atoms with van der Waals surface area (Å²) in [5, 5.41) is 5.49. The van der Waals surface area contributed by atoms with Crippen molar-refractivity contribution >= 4 is 5.91 Å². The van der Waals surface area contributed by atoms with Gasteiger partial charge in [0, 0.05) is 0 Å². The van der Waals surface area contributed by atoms with Gasteiger partial charge in [0.25, 0.3) is 6.43 Å². The lowest BCUT2D eigenvalue weighted by Gasteiger charge is -2.35. The molecule has 0 unspecified atom stereocenters. The first-order valence-electron chi connectivity index (χ1n) is 5.38. The largest absolute Gasteiger partial charge is 0.350 e. The molecule has 1 aliphatic heterocycles. The van der Waals surface area contributed by atoms with Crippen molar-refractivity contribution < 1.29 is 13.6 Å². The Labute approximate surface area is 88.6 Å². The lowest BCUT2D eigenvalue weighted by molar-refractivity contribution is -0.133. The van der Waals surface area contributed by atoms with Crippen LogP contribution in [0, 0.1) is 5.41 Å². The van der Waals surface area contributed by atoms with Gasteiger partial charge < -0.3 is 10.6 Å². The summed E-state index contributed by atoms with van der Waals surface area (Å²) in [5.74, 6) is -0.216. The molecule has 0 aromatic heterocycles. The lowest BCUT2D eigenvalue weighted by atomic mass is 9.76. The summed E-state index contributed by atoms with van der Waals surface area (Å²) < 4.78 is 23.9. The average molecular weight is 220 g/mol. The van der Waals surface area contributed by atoms with E-state index in [-0.39, 0.29) is 5.91 Å². The van der Waals surface area contributed by atoms with Gasteiger partial charge in [0.1, 0.15) is 0 Å². The number of nitrogens with one attached hydrogen (secondary N) is 2. The maximum atomic E-state index is 12.0. The van der Waals surface area contributed by atoms with Crippen LogP contribution in [0.4, 0.5) is 8.78 Å². The summed E-state index contributed by atoms with van der Waals surface area (Å²) in [4.78, 5) is 11.8. The molecule has 1 amide bonds. The molecule has 1 heterocycles. The zero-order chi connectivity index (χ0) is 11.3. The molecule has 3 nitrogen and oxygen atoms in total. The first kappa shape index (κ1) is 12.4. The maximum absolute atomic E-state index is 12.0. The highest BCUT2D eigenvalue weighted by Crippen LogP contribution is 2.32. The molecule has 0 atom stereocenters. The topological polar surface area (TPSA) is 41.1 Å². The number of amides is 1. The van der Waals surface area contributed by atoms with Gasteiger partial charge in [-0.1, -0.05) is 6.92 Å². The van der Waals surface area contributed by atoms with E-state index in [1.807, 2.05) is 6.92 Å². The van der Waals surface area contributed by atoms with E-state index in [2.05, 4.69) is 10.6 Å². The van der Waals surface area contributed by atoms with Gasteiger partial charge in [-0.2, -0.15) is 0 Å². The molecule has 0 radical (unpaired) electrons. The molecule has 0 aliphatic carbocycles. The van der Waals surface area contributed by atoms with E-state index in [1.54, 1.807) is 0 Å². The minimum atomic E-state index is -2.47. The summed E-state index contributed by atoms with van der Waals surface area (Å²) in [5.41, 5.74) is -0.430. The van der Waals surface area contributed by atoms with E-state index in [9.17, 15) is 13.6 Å². The summed E-state index contributed by atoms with van der Waals surface area (Å²) in [6.07, 6.45) is -0.287. The first-order chi connectivity index (χ1) is 7.10. The van der Waals surface area contributed by atoms with Crippen LogP contribution in [0.15, 0.2) is 0 Å². The van der Waals surface area contributed by atoms with Gasteiger partial charge in [-0.15, -0.1) is 0 Å². The summed E-state index contributed by atoms with van der Waals surface area (Å²) in [6.45, 7) is 2.98. The normalized spacial score (nSPS) is 20.3. The molecule has 1 aliphatic rings. The van der Waals surface area contributed by atoms with Crippen molar-refractivity contribution in [3.05, 3.63) is 0 Å². The molecular formula is C10H18F2N2O. The standard InChI is InChI=1S/C10H18F2N2O/c1-2-10(3-5-13-6-4-10)9(15)14-7-8(11)12/h8,13H,2-7H2,1H3,(H,14,15). The average Bonchev–Trinajstić information content (AvgIpc) is 2.26. The third-order valence-electron chi connectivity index (χ3n) is 3.14. The summed E-state index contributed by atoms with van der Waals surface area (Å²) >= 11 is 0. The van der Waals surface area contributed by atoms with Crippen LogP contribution in [-0.2, 0) is 4.79 Å². The molecule has 88 valence electrons. The van der Waals surface area contributed by atoms with Gasteiger partial charge in [-0.25, -0.2) is 8.78 Å². The number of piperidine rings is 1. The Morgan fingerprint density at radius 2 is 2.07 bits per heavy atom. The molecule has 0 aromatic carbocycles. The second-order valence-corrected chi connectivity index (χ2v) is 3.98. The Hall–Kier alpha value is -0.710. The Morgan fingerprint density at radius 3 is 2.53 bits per heavy atom. The number of alkyl halides is 2. The fourth-order valence-corrected chi connectivity index (χ4v) is 2.00. The highest BCUT2D eigenvalue weighted by Gasteiger charge is 2.37. The number of carbonyl (C=O) groups is 1. The van der Waals surface area contributed by atoms with E-state index in [0.717, 1.165) is 25.9 Å². The van der Waals surface area contributed by atoms with Crippen molar-refractivity contribution in [1.29, 1.82) is 0 Å². The number of hydrogen-bond acceptors (Lipinski definition) is 2. The van der Waals surface area contributed by atoms with Gasteiger partial charge in [0.05, 0.1) is 12.0 Å². The van der Waals surface area contributed by atoms with Crippen LogP contribution in [0.25, 0.3) is 0 Å². The predicted octanol–water partition coefficient (Wildman–Crippen LogP) is 1.15. The minimum absolute atomic E-state index is 0.216. The SMILES string of the molecule is CCC1(C(=O)NCC(F)F)CCNCC1. The van der Waals surface area contributed by atoms with Crippen molar-refractivity contribution in [3.63, 3.8) is 0 Å². The van der Waals surface area contributed by atoms with Crippen LogP contribution >= 0.6 is 0 Å². The third-order valence-corrected chi connectivity index (χ3v) is 3.14. The highest BCUT2D eigenvalue weighted by molar-refractivity contribution is 5.82. The quantitative estimate of drug-likeness (QED) is 0.746. The molecule has 5 heteroatoms. The molecule has 2 N–H and O–H groups in total. The van der Waals surface area contributed by atoms with Crippen LogP contribution in [0.1, 0.15) is 26.2 Å². The Kier molecular flexibility index (Phi) is 4.45. The van der Waals surface area contributed by atoms with Crippen LogP contribution < -0.4 is 10.6 Å². The number of hydrogen-bond donors (Lipinski definition) is 2.